The van der Waals surface area contributed by atoms with Crippen molar-refractivity contribution in [2.24, 2.45) is 0 Å². The highest BCUT2D eigenvalue weighted by molar-refractivity contribution is 5.63. The third kappa shape index (κ3) is 4.14. The molecule has 2 nitrogen and oxygen atoms in total. The lowest BCUT2D eigenvalue weighted by molar-refractivity contribution is 0.452. The molecule has 146 valence electrons. The molecule has 0 unspecified atom stereocenters. The molecule has 4 rings (SSSR count). The predicted molar refractivity (Wildman–Crippen MR) is 107 cm³/mol. The maximum Gasteiger partial charge on any atom is 0.158 e. The minimum absolute atomic E-state index is 0.158. The van der Waals surface area contributed by atoms with Crippen molar-refractivity contribution in [2.75, 3.05) is 6.54 Å². The summed E-state index contributed by atoms with van der Waals surface area (Å²) in [5, 5.41) is 0.860. The standard InChI is InChI=1S/C20H15F3N2.C3H8/c21-15-7-4-8-16(22)18(15)20-19(23)14-12-25(10-9-17(14)24-20)11-13-5-2-1-3-6-13;1-3-2/h1-9,12,24H,10-11H2;3H2,1-2H3. The average Bonchev–Trinajstić information content (AvgIpc) is 2.99. The lowest BCUT2D eigenvalue weighted by Crippen LogP contribution is -2.35. The first kappa shape index (κ1) is 19.8. The van der Waals surface area contributed by atoms with Crippen molar-refractivity contribution in [1.82, 2.24) is 9.88 Å². The van der Waals surface area contributed by atoms with E-state index in [0.29, 0.717) is 23.7 Å². The highest BCUT2D eigenvalue weighted by Gasteiger charge is 2.20. The molecule has 5 heteroatoms. The van der Waals surface area contributed by atoms with Crippen LogP contribution in [0.5, 0.6) is 0 Å². The van der Waals surface area contributed by atoms with E-state index in [1.54, 1.807) is 6.20 Å². The molecule has 1 aromatic heterocycles. The Morgan fingerprint density at radius 1 is 0.929 bits per heavy atom. The van der Waals surface area contributed by atoms with Gasteiger partial charge >= 0.3 is 0 Å². The second-order valence-electron chi connectivity index (χ2n) is 6.69. The Bertz CT molecular complexity index is 1040. The van der Waals surface area contributed by atoms with Gasteiger partial charge in [-0.25, -0.2) is 13.2 Å². The topological polar surface area (TPSA) is 19.0 Å². The monoisotopic (exact) mass is 384 g/mol. The van der Waals surface area contributed by atoms with Crippen LogP contribution in [0.4, 0.5) is 13.2 Å². The SMILES string of the molecule is CCC.Fc1cccc(F)c1-c1[nH]c2c(c1F)=CN(Cc1ccccc1)CC=2. The molecule has 0 saturated carbocycles. The molecule has 0 saturated heterocycles. The van der Waals surface area contributed by atoms with Crippen molar-refractivity contribution in [3.63, 3.8) is 0 Å². The van der Waals surface area contributed by atoms with Gasteiger partial charge in [0.1, 0.15) is 11.6 Å². The molecule has 1 N–H and O–H groups in total. The maximum absolute atomic E-state index is 14.8. The number of nitrogens with zero attached hydrogens (tertiary/aromatic N) is 1. The quantitative estimate of drug-likeness (QED) is 0.702. The summed E-state index contributed by atoms with van der Waals surface area (Å²) in [4.78, 5) is 4.77. The first-order chi connectivity index (χ1) is 13.5. The van der Waals surface area contributed by atoms with E-state index in [9.17, 15) is 13.2 Å². The summed E-state index contributed by atoms with van der Waals surface area (Å²) in [7, 11) is 0. The average molecular weight is 384 g/mol. The first-order valence-corrected chi connectivity index (χ1v) is 9.37. The van der Waals surface area contributed by atoms with Gasteiger partial charge in [0.15, 0.2) is 5.82 Å². The predicted octanol–water partition coefficient (Wildman–Crippen LogP) is 4.55. The Balaban J connectivity index is 0.000000706. The Labute approximate surface area is 162 Å². The summed E-state index contributed by atoms with van der Waals surface area (Å²) in [5.41, 5.74) is 0.576. The fourth-order valence-corrected chi connectivity index (χ4v) is 3.08. The number of hydrogen-bond acceptors (Lipinski definition) is 1. The van der Waals surface area contributed by atoms with Crippen LogP contribution >= 0.6 is 0 Å². The summed E-state index contributed by atoms with van der Waals surface area (Å²) in [6.07, 6.45) is 4.76. The third-order valence-corrected chi connectivity index (χ3v) is 4.29. The summed E-state index contributed by atoms with van der Waals surface area (Å²) in [6.45, 7) is 5.46. The fraction of sp³-hybridized carbons (Fsp3) is 0.217. The summed E-state index contributed by atoms with van der Waals surface area (Å²) < 4.78 is 42.8. The molecule has 0 aliphatic carbocycles. The second kappa shape index (κ2) is 8.83. The van der Waals surface area contributed by atoms with Crippen LogP contribution in [0.3, 0.4) is 0 Å². The normalized spacial score (nSPS) is 12.4. The lowest BCUT2D eigenvalue weighted by atomic mass is 10.1. The van der Waals surface area contributed by atoms with E-state index in [-0.39, 0.29) is 11.3 Å². The van der Waals surface area contributed by atoms with Gasteiger partial charge in [0.05, 0.1) is 16.5 Å². The van der Waals surface area contributed by atoms with E-state index in [0.717, 1.165) is 17.7 Å². The van der Waals surface area contributed by atoms with Gasteiger partial charge in [-0.15, -0.1) is 0 Å². The zero-order valence-electron chi connectivity index (χ0n) is 16.0. The maximum atomic E-state index is 14.8. The highest BCUT2D eigenvalue weighted by atomic mass is 19.1. The molecular formula is C23H23F3N2. The van der Waals surface area contributed by atoms with E-state index in [4.69, 9.17) is 0 Å². The smallest absolute Gasteiger partial charge is 0.158 e. The molecule has 0 spiro atoms. The van der Waals surface area contributed by atoms with Gasteiger partial charge < -0.3 is 9.88 Å². The lowest BCUT2D eigenvalue weighted by Gasteiger charge is -2.20. The molecule has 0 bridgehead atoms. The van der Waals surface area contributed by atoms with Gasteiger partial charge in [0.2, 0.25) is 0 Å². The summed E-state index contributed by atoms with van der Waals surface area (Å²) in [5.74, 6) is -2.23. The Kier molecular flexibility index (Phi) is 6.24. The third-order valence-electron chi connectivity index (χ3n) is 4.29. The van der Waals surface area contributed by atoms with E-state index >= 15 is 0 Å². The molecular weight excluding hydrogens is 361 g/mol. The van der Waals surface area contributed by atoms with Gasteiger partial charge in [-0.1, -0.05) is 56.7 Å². The van der Waals surface area contributed by atoms with Crippen LogP contribution in [-0.4, -0.2) is 16.4 Å². The van der Waals surface area contributed by atoms with Gasteiger partial charge in [-0.3, -0.25) is 0 Å². The second-order valence-corrected chi connectivity index (χ2v) is 6.69. The minimum atomic E-state index is -0.793. The molecule has 0 amide bonds. The number of aromatic nitrogens is 1. The van der Waals surface area contributed by atoms with Crippen molar-refractivity contribution in [1.29, 1.82) is 0 Å². The number of fused-ring (bicyclic) bond motifs is 1. The number of hydrogen-bond donors (Lipinski definition) is 1. The molecule has 0 radical (unpaired) electrons. The number of nitrogens with one attached hydrogen (secondary N) is 1. The van der Waals surface area contributed by atoms with Crippen molar-refractivity contribution < 1.29 is 13.2 Å². The van der Waals surface area contributed by atoms with Crippen LogP contribution in [0.1, 0.15) is 25.8 Å². The summed E-state index contributed by atoms with van der Waals surface area (Å²) in [6, 6.07) is 13.3. The van der Waals surface area contributed by atoms with Crippen LogP contribution in [0.2, 0.25) is 0 Å². The highest BCUT2D eigenvalue weighted by Crippen LogP contribution is 2.24. The van der Waals surface area contributed by atoms with Crippen molar-refractivity contribution in [2.45, 2.75) is 26.8 Å². The van der Waals surface area contributed by atoms with E-state index in [1.165, 1.54) is 12.5 Å². The first-order valence-electron chi connectivity index (χ1n) is 9.37. The zero-order valence-corrected chi connectivity index (χ0v) is 16.0. The number of rotatable bonds is 3. The van der Waals surface area contributed by atoms with Gasteiger partial charge in [0.25, 0.3) is 0 Å². The molecule has 2 heterocycles. The minimum Gasteiger partial charge on any atom is -0.369 e. The Morgan fingerprint density at radius 3 is 2.21 bits per heavy atom. The molecule has 0 atom stereocenters. The Morgan fingerprint density at radius 2 is 1.57 bits per heavy atom. The molecule has 0 fully saturated rings. The molecule has 2 aromatic carbocycles. The Hall–Kier alpha value is -2.95. The summed E-state index contributed by atoms with van der Waals surface area (Å²) >= 11 is 0. The van der Waals surface area contributed by atoms with E-state index in [2.05, 4.69) is 18.8 Å². The molecule has 1 aliphatic heterocycles. The fourth-order valence-electron chi connectivity index (χ4n) is 3.08. The number of H-pyrrole nitrogens is 1. The van der Waals surface area contributed by atoms with E-state index < -0.39 is 17.5 Å². The largest absolute Gasteiger partial charge is 0.369 e. The van der Waals surface area contributed by atoms with Crippen LogP contribution in [0.15, 0.2) is 48.5 Å². The van der Waals surface area contributed by atoms with E-state index in [1.807, 2.05) is 41.3 Å². The van der Waals surface area contributed by atoms with Crippen molar-refractivity contribution in [3.8, 4) is 11.3 Å². The zero-order chi connectivity index (χ0) is 20.1. The molecule has 28 heavy (non-hydrogen) atoms. The van der Waals surface area contributed by atoms with Crippen molar-refractivity contribution >= 4 is 12.3 Å². The molecule has 3 aromatic rings. The number of benzene rings is 2. The number of halogens is 3. The van der Waals surface area contributed by atoms with Gasteiger partial charge in [0, 0.05) is 24.6 Å². The van der Waals surface area contributed by atoms with Crippen LogP contribution in [0, 0.1) is 17.5 Å². The number of aromatic amines is 1. The van der Waals surface area contributed by atoms with Crippen molar-refractivity contribution in [3.05, 3.63) is 82.1 Å². The molecule has 1 aliphatic rings. The van der Waals surface area contributed by atoms with Crippen LogP contribution in [0.25, 0.3) is 23.5 Å². The van der Waals surface area contributed by atoms with Crippen LogP contribution < -0.4 is 10.6 Å². The van der Waals surface area contributed by atoms with Gasteiger partial charge in [-0.05, 0) is 23.8 Å². The van der Waals surface area contributed by atoms with Crippen LogP contribution in [-0.2, 0) is 6.54 Å². The van der Waals surface area contributed by atoms with Gasteiger partial charge in [-0.2, -0.15) is 0 Å².